The number of ether oxygens (including phenoxy) is 1. The van der Waals surface area contributed by atoms with Gasteiger partial charge in [-0.15, -0.1) is 12.4 Å². The number of hydrogen-bond donors (Lipinski definition) is 1. The quantitative estimate of drug-likeness (QED) is 0.490. The molecule has 0 unspecified atom stereocenters. The summed E-state index contributed by atoms with van der Waals surface area (Å²) in [5, 5.41) is 0. The highest BCUT2D eigenvalue weighted by molar-refractivity contribution is 5.85. The van der Waals surface area contributed by atoms with E-state index in [2.05, 4.69) is 6.92 Å². The summed E-state index contributed by atoms with van der Waals surface area (Å²) in [6.07, 6.45) is 8.11. The van der Waals surface area contributed by atoms with Crippen LogP contribution < -0.4 is 5.73 Å². The van der Waals surface area contributed by atoms with Gasteiger partial charge in [-0.05, 0) is 12.3 Å². The Hall–Kier alpha value is -0.280. The van der Waals surface area contributed by atoms with Crippen LogP contribution in [0.2, 0.25) is 0 Å². The van der Waals surface area contributed by atoms with Crippen molar-refractivity contribution in [3.63, 3.8) is 0 Å². The van der Waals surface area contributed by atoms with E-state index in [1.54, 1.807) is 0 Å². The Kier molecular flexibility index (Phi) is 14.7. The van der Waals surface area contributed by atoms with Crippen molar-refractivity contribution < 1.29 is 9.53 Å². The van der Waals surface area contributed by atoms with Crippen LogP contribution in [0.25, 0.3) is 0 Å². The van der Waals surface area contributed by atoms with Crippen LogP contribution in [-0.2, 0) is 9.53 Å². The van der Waals surface area contributed by atoms with Crippen LogP contribution in [-0.4, -0.2) is 18.6 Å². The molecule has 18 heavy (non-hydrogen) atoms. The number of carbonyl (C=O) groups is 1. The maximum absolute atomic E-state index is 11.5. The first-order valence-corrected chi connectivity index (χ1v) is 7.05. The van der Waals surface area contributed by atoms with Gasteiger partial charge in [0.25, 0.3) is 0 Å². The van der Waals surface area contributed by atoms with E-state index in [1.165, 1.54) is 25.7 Å². The lowest BCUT2D eigenvalue weighted by Crippen LogP contribution is -2.38. The molecule has 0 aliphatic carbocycles. The molecule has 0 rings (SSSR count). The van der Waals surface area contributed by atoms with Crippen molar-refractivity contribution in [2.24, 2.45) is 11.7 Å². The topological polar surface area (TPSA) is 52.3 Å². The molecule has 0 bridgehead atoms. The predicted molar refractivity (Wildman–Crippen MR) is 79.0 cm³/mol. The lowest BCUT2D eigenvalue weighted by atomic mass is 10.0. The van der Waals surface area contributed by atoms with Crippen LogP contribution in [0.1, 0.15) is 65.7 Å². The van der Waals surface area contributed by atoms with Crippen molar-refractivity contribution in [2.75, 3.05) is 6.61 Å². The van der Waals surface area contributed by atoms with Crippen molar-refractivity contribution in [2.45, 2.75) is 71.8 Å². The maximum atomic E-state index is 11.5. The molecule has 0 radical (unpaired) electrons. The predicted octanol–water partition coefficient (Wildman–Crippen LogP) is 3.69. The fourth-order valence-electron chi connectivity index (χ4n) is 1.64. The zero-order chi connectivity index (χ0) is 13.1. The Labute approximate surface area is 118 Å². The van der Waals surface area contributed by atoms with Gasteiger partial charge in [0.2, 0.25) is 0 Å². The van der Waals surface area contributed by atoms with Crippen molar-refractivity contribution in [1.82, 2.24) is 0 Å². The van der Waals surface area contributed by atoms with Gasteiger partial charge in [-0.25, -0.2) is 0 Å². The third kappa shape index (κ3) is 9.72. The molecular weight excluding hydrogens is 250 g/mol. The molecule has 0 aromatic heterocycles. The summed E-state index contributed by atoms with van der Waals surface area (Å²) in [7, 11) is 0. The zero-order valence-corrected chi connectivity index (χ0v) is 12.9. The molecule has 2 atom stereocenters. The van der Waals surface area contributed by atoms with Gasteiger partial charge in [0.1, 0.15) is 6.04 Å². The number of carbonyl (C=O) groups excluding carboxylic acids is 1. The van der Waals surface area contributed by atoms with E-state index >= 15 is 0 Å². The van der Waals surface area contributed by atoms with E-state index in [4.69, 9.17) is 10.5 Å². The molecule has 0 aromatic rings. The largest absolute Gasteiger partial charge is 0.465 e. The van der Waals surface area contributed by atoms with Crippen molar-refractivity contribution >= 4 is 18.4 Å². The normalized spacial score (nSPS) is 13.6. The van der Waals surface area contributed by atoms with E-state index in [0.29, 0.717) is 6.61 Å². The van der Waals surface area contributed by atoms with Crippen LogP contribution >= 0.6 is 12.4 Å². The second kappa shape index (κ2) is 13.2. The number of nitrogens with two attached hydrogens (primary N) is 1. The average Bonchev–Trinajstić information content (AvgIpc) is 2.35. The average molecular weight is 280 g/mol. The highest BCUT2D eigenvalue weighted by Crippen LogP contribution is 2.08. The maximum Gasteiger partial charge on any atom is 0.323 e. The number of unbranched alkanes of at least 4 members (excludes halogenated alkanes) is 5. The fraction of sp³-hybridized carbons (Fsp3) is 0.929. The Bertz CT molecular complexity index is 200. The van der Waals surface area contributed by atoms with Gasteiger partial charge in [0.05, 0.1) is 6.61 Å². The standard InChI is InChI=1S/C14H29NO2.ClH/c1-4-6-7-8-9-10-11-17-14(16)13(15)12(3)5-2;/h12-13H,4-11,15H2,1-3H3;1H/t12-,13-;/m0./s1. The number of esters is 1. The first kappa shape index (κ1) is 20.0. The first-order valence-electron chi connectivity index (χ1n) is 7.05. The van der Waals surface area contributed by atoms with Gasteiger partial charge in [-0.3, -0.25) is 4.79 Å². The van der Waals surface area contributed by atoms with Crippen molar-refractivity contribution in [1.29, 1.82) is 0 Å². The lowest BCUT2D eigenvalue weighted by molar-refractivity contribution is -0.146. The van der Waals surface area contributed by atoms with Crippen LogP contribution in [0.5, 0.6) is 0 Å². The molecule has 3 nitrogen and oxygen atoms in total. The van der Waals surface area contributed by atoms with Crippen LogP contribution in [0, 0.1) is 5.92 Å². The van der Waals surface area contributed by atoms with Crippen LogP contribution in [0.3, 0.4) is 0 Å². The molecule has 0 aromatic carbocycles. The van der Waals surface area contributed by atoms with E-state index in [1.807, 2.05) is 13.8 Å². The van der Waals surface area contributed by atoms with E-state index in [9.17, 15) is 4.79 Å². The third-order valence-electron chi connectivity index (χ3n) is 3.27. The molecule has 4 heteroatoms. The Balaban J connectivity index is 0. The molecule has 0 saturated heterocycles. The smallest absolute Gasteiger partial charge is 0.323 e. The van der Waals surface area contributed by atoms with Gasteiger partial charge in [-0.2, -0.15) is 0 Å². The number of halogens is 1. The van der Waals surface area contributed by atoms with Gasteiger partial charge in [0, 0.05) is 0 Å². The molecule has 0 heterocycles. The summed E-state index contributed by atoms with van der Waals surface area (Å²) in [6, 6.07) is -0.458. The second-order valence-electron chi connectivity index (χ2n) is 4.85. The molecule has 0 spiro atoms. The van der Waals surface area contributed by atoms with Crippen molar-refractivity contribution in [3.05, 3.63) is 0 Å². The van der Waals surface area contributed by atoms with Crippen LogP contribution in [0.15, 0.2) is 0 Å². The highest BCUT2D eigenvalue weighted by Gasteiger charge is 2.20. The first-order chi connectivity index (χ1) is 8.13. The minimum absolute atomic E-state index is 0. The summed E-state index contributed by atoms with van der Waals surface area (Å²) >= 11 is 0. The lowest BCUT2D eigenvalue weighted by Gasteiger charge is -2.16. The minimum atomic E-state index is -0.458. The molecule has 110 valence electrons. The highest BCUT2D eigenvalue weighted by atomic mass is 35.5. The molecule has 0 aliphatic rings. The monoisotopic (exact) mass is 279 g/mol. The van der Waals surface area contributed by atoms with Gasteiger partial charge >= 0.3 is 5.97 Å². The summed E-state index contributed by atoms with van der Waals surface area (Å²) < 4.78 is 5.17. The molecule has 0 fully saturated rings. The third-order valence-corrected chi connectivity index (χ3v) is 3.27. The SMILES string of the molecule is CCCCCCCCOC(=O)[C@@H](N)[C@@H](C)CC.Cl. The molecule has 2 N–H and O–H groups in total. The van der Waals surface area contributed by atoms with Crippen molar-refractivity contribution in [3.8, 4) is 0 Å². The van der Waals surface area contributed by atoms with Gasteiger partial charge < -0.3 is 10.5 Å². The molecular formula is C14H30ClNO2. The summed E-state index contributed by atoms with van der Waals surface area (Å²) in [6.45, 7) is 6.75. The summed E-state index contributed by atoms with van der Waals surface area (Å²) in [5.41, 5.74) is 5.78. The minimum Gasteiger partial charge on any atom is -0.465 e. The fourth-order valence-corrected chi connectivity index (χ4v) is 1.64. The van der Waals surface area contributed by atoms with E-state index < -0.39 is 6.04 Å². The molecule has 0 amide bonds. The van der Waals surface area contributed by atoms with E-state index in [0.717, 1.165) is 19.3 Å². The van der Waals surface area contributed by atoms with Crippen LogP contribution in [0.4, 0.5) is 0 Å². The zero-order valence-electron chi connectivity index (χ0n) is 12.1. The molecule has 0 aliphatic heterocycles. The summed E-state index contributed by atoms with van der Waals surface area (Å²) in [5.74, 6) is -0.0417. The van der Waals surface area contributed by atoms with E-state index in [-0.39, 0.29) is 24.3 Å². The molecule has 0 saturated carbocycles. The Morgan fingerprint density at radius 2 is 1.67 bits per heavy atom. The second-order valence-corrected chi connectivity index (χ2v) is 4.85. The Morgan fingerprint density at radius 3 is 2.22 bits per heavy atom. The number of hydrogen-bond acceptors (Lipinski definition) is 3. The van der Waals surface area contributed by atoms with Gasteiger partial charge in [0.15, 0.2) is 0 Å². The Morgan fingerprint density at radius 1 is 1.11 bits per heavy atom. The number of rotatable bonds is 10. The summed E-state index contributed by atoms with van der Waals surface area (Å²) in [4.78, 5) is 11.5. The van der Waals surface area contributed by atoms with Gasteiger partial charge in [-0.1, -0.05) is 59.3 Å².